The molecule has 0 radical (unpaired) electrons. The van der Waals surface area contributed by atoms with E-state index in [0.29, 0.717) is 35.4 Å². The van der Waals surface area contributed by atoms with Crippen molar-refractivity contribution >= 4 is 5.91 Å². The van der Waals surface area contributed by atoms with Crippen LogP contribution in [0.5, 0.6) is 0 Å². The van der Waals surface area contributed by atoms with Gasteiger partial charge in [0.25, 0.3) is 5.91 Å². The molecule has 4 nitrogen and oxygen atoms in total. The van der Waals surface area contributed by atoms with Crippen LogP contribution in [0.15, 0.2) is 34.9 Å². The van der Waals surface area contributed by atoms with Gasteiger partial charge in [0.2, 0.25) is 0 Å². The first kappa shape index (κ1) is 16.7. The molecule has 1 saturated heterocycles. The van der Waals surface area contributed by atoms with Gasteiger partial charge in [-0.1, -0.05) is 0 Å². The number of rotatable bonds is 4. The molecule has 0 bridgehead atoms. The van der Waals surface area contributed by atoms with Crippen LogP contribution in [0.2, 0.25) is 0 Å². The summed E-state index contributed by atoms with van der Waals surface area (Å²) in [5.41, 5.74) is 1.46. The third kappa shape index (κ3) is 3.22. The Morgan fingerprint density at radius 1 is 1.42 bits per heavy atom. The standard InChI is InChI=1S/C19H22FNO3/c1-12-9-14(10-13(2)18(12)20)19(23)21-7-3-5-15(21)11-16(22)17-6-4-8-24-17/h4,6,8-10,15-16,22H,3,5,7,11H2,1-2H3. The minimum absolute atomic E-state index is 0.0386. The van der Waals surface area contributed by atoms with Crippen LogP contribution in [0.25, 0.3) is 0 Å². The summed E-state index contributed by atoms with van der Waals surface area (Å²) in [5, 5.41) is 10.3. The van der Waals surface area contributed by atoms with Crippen molar-refractivity contribution in [2.45, 2.75) is 45.3 Å². The van der Waals surface area contributed by atoms with Gasteiger partial charge in [-0.05, 0) is 62.1 Å². The summed E-state index contributed by atoms with van der Waals surface area (Å²) in [6.07, 6.45) is 3.00. The maximum atomic E-state index is 13.8. The predicted octanol–water partition coefficient (Wildman–Crippen LogP) is 3.76. The third-order valence-electron chi connectivity index (χ3n) is 4.69. The van der Waals surface area contributed by atoms with E-state index < -0.39 is 6.10 Å². The van der Waals surface area contributed by atoms with E-state index in [2.05, 4.69) is 0 Å². The van der Waals surface area contributed by atoms with Crippen LogP contribution >= 0.6 is 0 Å². The smallest absolute Gasteiger partial charge is 0.254 e. The molecule has 128 valence electrons. The zero-order chi connectivity index (χ0) is 17.3. The lowest BCUT2D eigenvalue weighted by molar-refractivity contribution is 0.0641. The monoisotopic (exact) mass is 331 g/mol. The molecule has 2 unspecified atom stereocenters. The maximum absolute atomic E-state index is 13.8. The minimum Gasteiger partial charge on any atom is -0.467 e. The molecule has 1 fully saturated rings. The van der Waals surface area contributed by atoms with Crippen molar-refractivity contribution in [2.75, 3.05) is 6.54 Å². The molecule has 3 rings (SSSR count). The molecule has 1 aromatic carbocycles. The minimum atomic E-state index is -0.727. The molecule has 5 heteroatoms. The average Bonchev–Trinajstić information content (AvgIpc) is 3.22. The SMILES string of the molecule is Cc1cc(C(=O)N2CCCC2CC(O)c2ccco2)cc(C)c1F. The number of nitrogens with zero attached hydrogens (tertiary/aromatic N) is 1. The summed E-state index contributed by atoms with van der Waals surface area (Å²) >= 11 is 0. The number of aliphatic hydroxyl groups is 1. The number of hydrogen-bond acceptors (Lipinski definition) is 3. The number of hydrogen-bond donors (Lipinski definition) is 1. The van der Waals surface area contributed by atoms with Crippen molar-refractivity contribution in [3.8, 4) is 0 Å². The van der Waals surface area contributed by atoms with Gasteiger partial charge in [0.15, 0.2) is 0 Å². The van der Waals surface area contributed by atoms with Crippen molar-refractivity contribution in [1.29, 1.82) is 0 Å². The Morgan fingerprint density at radius 2 is 2.12 bits per heavy atom. The quantitative estimate of drug-likeness (QED) is 0.928. The highest BCUT2D eigenvalue weighted by atomic mass is 19.1. The van der Waals surface area contributed by atoms with Crippen LogP contribution in [0.1, 0.15) is 52.6 Å². The molecule has 1 aliphatic heterocycles. The van der Waals surface area contributed by atoms with E-state index in [4.69, 9.17) is 4.42 Å². The fourth-order valence-corrected chi connectivity index (χ4v) is 3.44. The normalized spacial score (nSPS) is 18.8. The predicted molar refractivity (Wildman–Crippen MR) is 88.2 cm³/mol. The summed E-state index contributed by atoms with van der Waals surface area (Å²) in [7, 11) is 0. The summed E-state index contributed by atoms with van der Waals surface area (Å²) in [5.74, 6) is 0.149. The van der Waals surface area contributed by atoms with E-state index in [1.165, 1.54) is 6.26 Å². The fourth-order valence-electron chi connectivity index (χ4n) is 3.44. The summed E-state index contributed by atoms with van der Waals surface area (Å²) in [6, 6.07) is 6.63. The van der Waals surface area contributed by atoms with E-state index in [9.17, 15) is 14.3 Å². The molecule has 2 heterocycles. The van der Waals surface area contributed by atoms with Crippen LogP contribution in [0.3, 0.4) is 0 Å². The molecule has 24 heavy (non-hydrogen) atoms. The molecular formula is C19H22FNO3. The van der Waals surface area contributed by atoms with Gasteiger partial charge in [0, 0.05) is 24.6 Å². The Labute approximate surface area is 140 Å². The second kappa shape index (κ2) is 6.77. The number of carbonyl (C=O) groups is 1. The molecule has 0 saturated carbocycles. The summed E-state index contributed by atoms with van der Waals surface area (Å²) in [6.45, 7) is 3.99. The zero-order valence-corrected chi connectivity index (χ0v) is 14.0. The fraction of sp³-hybridized carbons (Fsp3) is 0.421. The van der Waals surface area contributed by atoms with Gasteiger partial charge in [0.05, 0.1) is 6.26 Å². The first-order chi connectivity index (χ1) is 11.5. The Kier molecular flexibility index (Phi) is 4.71. The van der Waals surface area contributed by atoms with Crippen LogP contribution in [0, 0.1) is 19.7 Å². The molecule has 1 N–H and O–H groups in total. The second-order valence-electron chi connectivity index (χ2n) is 6.49. The van der Waals surface area contributed by atoms with Crippen molar-refractivity contribution < 1.29 is 18.7 Å². The molecule has 0 spiro atoms. The largest absolute Gasteiger partial charge is 0.467 e. The van der Waals surface area contributed by atoms with Crippen LogP contribution in [0.4, 0.5) is 4.39 Å². The van der Waals surface area contributed by atoms with Crippen molar-refractivity contribution in [1.82, 2.24) is 4.90 Å². The second-order valence-corrected chi connectivity index (χ2v) is 6.49. The van der Waals surface area contributed by atoms with Gasteiger partial charge in [0.1, 0.15) is 17.7 Å². The number of amides is 1. The first-order valence-electron chi connectivity index (χ1n) is 8.26. The first-order valence-corrected chi connectivity index (χ1v) is 8.26. The maximum Gasteiger partial charge on any atom is 0.254 e. The van der Waals surface area contributed by atoms with Crippen molar-refractivity contribution in [3.05, 3.63) is 58.8 Å². The molecule has 1 aliphatic rings. The lowest BCUT2D eigenvalue weighted by Gasteiger charge is -2.26. The summed E-state index contributed by atoms with van der Waals surface area (Å²) in [4.78, 5) is 14.6. The lowest BCUT2D eigenvalue weighted by atomic mass is 10.0. The zero-order valence-electron chi connectivity index (χ0n) is 14.0. The molecular weight excluding hydrogens is 309 g/mol. The van der Waals surface area contributed by atoms with Crippen LogP contribution in [-0.4, -0.2) is 28.5 Å². The van der Waals surface area contributed by atoms with Gasteiger partial charge in [-0.15, -0.1) is 0 Å². The number of benzene rings is 1. The van der Waals surface area contributed by atoms with Crippen molar-refractivity contribution in [3.63, 3.8) is 0 Å². The highest BCUT2D eigenvalue weighted by molar-refractivity contribution is 5.95. The van der Waals surface area contributed by atoms with E-state index in [1.807, 2.05) is 0 Å². The number of furan rings is 1. The molecule has 1 amide bonds. The topological polar surface area (TPSA) is 53.7 Å². The number of halogens is 1. The van der Waals surface area contributed by atoms with Crippen LogP contribution < -0.4 is 0 Å². The van der Waals surface area contributed by atoms with E-state index in [1.54, 1.807) is 43.0 Å². The number of likely N-dealkylation sites (tertiary alicyclic amines) is 1. The number of carbonyl (C=O) groups excluding carboxylic acids is 1. The van der Waals surface area contributed by atoms with Crippen LogP contribution in [-0.2, 0) is 0 Å². The highest BCUT2D eigenvalue weighted by Crippen LogP contribution is 2.29. The Bertz CT molecular complexity index is 703. The van der Waals surface area contributed by atoms with Gasteiger partial charge in [-0.2, -0.15) is 0 Å². The van der Waals surface area contributed by atoms with Gasteiger partial charge in [-0.3, -0.25) is 4.79 Å². The van der Waals surface area contributed by atoms with E-state index >= 15 is 0 Å². The molecule has 0 aliphatic carbocycles. The Hall–Kier alpha value is -2.14. The summed E-state index contributed by atoms with van der Waals surface area (Å²) < 4.78 is 19.0. The molecule has 2 aromatic rings. The Morgan fingerprint density at radius 3 is 2.75 bits per heavy atom. The van der Waals surface area contributed by atoms with E-state index in [0.717, 1.165) is 12.8 Å². The Balaban J connectivity index is 1.76. The van der Waals surface area contributed by atoms with E-state index in [-0.39, 0.29) is 17.8 Å². The van der Waals surface area contributed by atoms with Gasteiger partial charge < -0.3 is 14.4 Å². The molecule has 2 atom stereocenters. The lowest BCUT2D eigenvalue weighted by Crippen LogP contribution is -2.36. The van der Waals surface area contributed by atoms with Gasteiger partial charge in [-0.25, -0.2) is 4.39 Å². The average molecular weight is 331 g/mol. The van der Waals surface area contributed by atoms with Gasteiger partial charge >= 0.3 is 0 Å². The number of aryl methyl sites for hydroxylation is 2. The molecule has 1 aromatic heterocycles. The van der Waals surface area contributed by atoms with Crippen molar-refractivity contribution in [2.24, 2.45) is 0 Å². The third-order valence-corrected chi connectivity index (χ3v) is 4.69. The number of aliphatic hydroxyl groups excluding tert-OH is 1. The highest BCUT2D eigenvalue weighted by Gasteiger charge is 2.32.